The van der Waals surface area contributed by atoms with Gasteiger partial charge < -0.3 is 24.3 Å². The highest BCUT2D eigenvalue weighted by Crippen LogP contribution is 2.38. The van der Waals surface area contributed by atoms with Crippen molar-refractivity contribution in [2.24, 2.45) is 11.0 Å². The first-order valence-corrected chi connectivity index (χ1v) is 12.6. The lowest BCUT2D eigenvalue weighted by molar-refractivity contribution is -0.131. The number of methoxy groups -OCH3 is 4. The third kappa shape index (κ3) is 6.53. The van der Waals surface area contributed by atoms with Crippen LogP contribution in [0, 0.1) is 5.92 Å². The second-order valence-electron chi connectivity index (χ2n) is 8.81. The predicted octanol–water partition coefficient (Wildman–Crippen LogP) is 2.59. The number of barbiturate groups is 1. The van der Waals surface area contributed by atoms with E-state index in [1.54, 1.807) is 12.1 Å². The number of hydrogen-bond donors (Lipinski definition) is 3. The van der Waals surface area contributed by atoms with Gasteiger partial charge in [-0.05, 0) is 48.5 Å². The molecule has 3 aromatic rings. The fourth-order valence-electron chi connectivity index (χ4n) is 4.07. The molecular formula is C29H27N5O9. The zero-order valence-electron chi connectivity index (χ0n) is 23.5. The Kier molecular flexibility index (Phi) is 9.20. The van der Waals surface area contributed by atoms with E-state index in [-0.39, 0.29) is 16.8 Å². The van der Waals surface area contributed by atoms with Gasteiger partial charge in [-0.1, -0.05) is 6.07 Å². The molecule has 43 heavy (non-hydrogen) atoms. The van der Waals surface area contributed by atoms with Gasteiger partial charge in [0.15, 0.2) is 17.4 Å². The standard InChI is InChI=1S/C29H27N5O9/c1-40-20-7-5-6-19(14-20)34-28(38)21(27(37)32-29(34)39)15-30-33-26(36)16-8-10-18(11-9-16)31-25(35)17-12-22(41-2)24(43-4)23(13-17)42-3/h5-15,21H,1-4H3,(H,31,35)(H,33,36)(H,32,37,39)/b30-15-/t21-/m1/s1. The molecule has 1 saturated heterocycles. The van der Waals surface area contributed by atoms with Gasteiger partial charge in [0, 0.05) is 29.1 Å². The number of amides is 6. The van der Waals surface area contributed by atoms with Gasteiger partial charge in [-0.25, -0.2) is 15.1 Å². The molecular weight excluding hydrogens is 562 g/mol. The summed E-state index contributed by atoms with van der Waals surface area (Å²) in [5, 5.41) is 8.55. The van der Waals surface area contributed by atoms with Crippen LogP contribution in [-0.2, 0) is 9.59 Å². The van der Waals surface area contributed by atoms with Gasteiger partial charge in [-0.3, -0.25) is 24.5 Å². The van der Waals surface area contributed by atoms with E-state index >= 15 is 0 Å². The van der Waals surface area contributed by atoms with Crippen LogP contribution in [0.2, 0.25) is 0 Å². The maximum Gasteiger partial charge on any atom is 0.335 e. The van der Waals surface area contributed by atoms with Crippen molar-refractivity contribution in [3.8, 4) is 23.0 Å². The molecule has 3 N–H and O–H groups in total. The average molecular weight is 590 g/mol. The quantitative estimate of drug-likeness (QED) is 0.182. The lowest BCUT2D eigenvalue weighted by Gasteiger charge is -2.28. The lowest BCUT2D eigenvalue weighted by Crippen LogP contribution is -2.58. The van der Waals surface area contributed by atoms with Crippen LogP contribution < -0.4 is 39.9 Å². The van der Waals surface area contributed by atoms with Crippen molar-refractivity contribution >= 4 is 47.2 Å². The van der Waals surface area contributed by atoms with Gasteiger partial charge in [-0.2, -0.15) is 5.10 Å². The molecule has 0 radical (unpaired) electrons. The maximum absolute atomic E-state index is 13.0. The molecule has 3 aromatic carbocycles. The van der Waals surface area contributed by atoms with E-state index in [1.165, 1.54) is 77.0 Å². The van der Waals surface area contributed by atoms with Crippen LogP contribution >= 0.6 is 0 Å². The van der Waals surface area contributed by atoms with E-state index in [0.29, 0.717) is 28.7 Å². The highest BCUT2D eigenvalue weighted by atomic mass is 16.5. The normalized spacial score (nSPS) is 14.7. The highest BCUT2D eigenvalue weighted by Gasteiger charge is 2.40. The van der Waals surface area contributed by atoms with Crippen LogP contribution in [0.4, 0.5) is 16.2 Å². The first kappa shape index (κ1) is 30.0. The summed E-state index contributed by atoms with van der Waals surface area (Å²) in [5.74, 6) is -2.96. The molecule has 1 aliphatic rings. The number of nitrogens with one attached hydrogen (secondary N) is 3. The van der Waals surface area contributed by atoms with Gasteiger partial charge in [0.05, 0.1) is 34.1 Å². The van der Waals surface area contributed by atoms with Crippen LogP contribution in [0.3, 0.4) is 0 Å². The van der Waals surface area contributed by atoms with E-state index in [2.05, 4.69) is 21.2 Å². The van der Waals surface area contributed by atoms with Crippen LogP contribution in [0.15, 0.2) is 65.8 Å². The number of urea groups is 1. The second kappa shape index (κ2) is 13.2. The summed E-state index contributed by atoms with van der Waals surface area (Å²) < 4.78 is 21.0. The second-order valence-corrected chi connectivity index (χ2v) is 8.81. The molecule has 0 spiro atoms. The summed E-state index contributed by atoms with van der Waals surface area (Å²) in [5.41, 5.74) is 3.25. The Morgan fingerprint density at radius 1 is 0.837 bits per heavy atom. The smallest absolute Gasteiger partial charge is 0.335 e. The minimum absolute atomic E-state index is 0.176. The van der Waals surface area contributed by atoms with Crippen LogP contribution in [-0.4, -0.2) is 64.3 Å². The van der Waals surface area contributed by atoms with Crippen molar-refractivity contribution in [1.29, 1.82) is 0 Å². The summed E-state index contributed by atoms with van der Waals surface area (Å²) in [6, 6.07) is 14.1. The Labute approximate surface area is 245 Å². The highest BCUT2D eigenvalue weighted by molar-refractivity contribution is 6.32. The number of hydrazone groups is 1. The van der Waals surface area contributed by atoms with E-state index in [9.17, 15) is 24.0 Å². The summed E-state index contributed by atoms with van der Waals surface area (Å²) >= 11 is 0. The fourth-order valence-corrected chi connectivity index (χ4v) is 4.07. The largest absolute Gasteiger partial charge is 0.497 e. The minimum atomic E-state index is -1.48. The Bertz CT molecular complexity index is 1580. The van der Waals surface area contributed by atoms with Crippen LogP contribution in [0.1, 0.15) is 20.7 Å². The Morgan fingerprint density at radius 2 is 1.51 bits per heavy atom. The van der Waals surface area contributed by atoms with E-state index < -0.39 is 35.6 Å². The Hall–Kier alpha value is -5.92. The summed E-state index contributed by atoms with van der Waals surface area (Å²) in [6.45, 7) is 0. The van der Waals surface area contributed by atoms with E-state index in [4.69, 9.17) is 18.9 Å². The molecule has 0 saturated carbocycles. The van der Waals surface area contributed by atoms with Crippen molar-refractivity contribution < 1.29 is 42.9 Å². The SMILES string of the molecule is COc1cccc(N2C(=O)NC(=O)[C@@H](/C=N\NC(=O)c3ccc(NC(=O)c4cc(OC)c(OC)c(OC)c4)cc3)C2=O)c1. The monoisotopic (exact) mass is 589 g/mol. The molecule has 0 unspecified atom stereocenters. The molecule has 0 aliphatic carbocycles. The molecule has 0 aromatic heterocycles. The van der Waals surface area contributed by atoms with Gasteiger partial charge in [-0.15, -0.1) is 0 Å². The number of carbonyl (C=O) groups excluding carboxylic acids is 5. The van der Waals surface area contributed by atoms with Crippen LogP contribution in [0.5, 0.6) is 23.0 Å². The summed E-state index contributed by atoms with van der Waals surface area (Å²) in [7, 11) is 5.76. The van der Waals surface area contributed by atoms with Crippen molar-refractivity contribution in [1.82, 2.24) is 10.7 Å². The molecule has 6 amide bonds. The van der Waals surface area contributed by atoms with E-state index in [1.807, 2.05) is 0 Å². The van der Waals surface area contributed by atoms with Crippen molar-refractivity contribution in [3.05, 3.63) is 71.8 Å². The number of hydrogen-bond acceptors (Lipinski definition) is 10. The number of benzene rings is 3. The van der Waals surface area contributed by atoms with Crippen molar-refractivity contribution in [2.75, 3.05) is 38.7 Å². The molecule has 1 heterocycles. The number of anilines is 2. The molecule has 1 atom stereocenters. The summed E-state index contributed by atoms with van der Waals surface area (Å²) in [4.78, 5) is 63.9. The zero-order chi connectivity index (χ0) is 31.1. The van der Waals surface area contributed by atoms with Crippen molar-refractivity contribution in [2.45, 2.75) is 0 Å². The van der Waals surface area contributed by atoms with Gasteiger partial charge >= 0.3 is 6.03 Å². The maximum atomic E-state index is 13.0. The molecule has 1 fully saturated rings. The molecule has 0 bridgehead atoms. The first-order valence-electron chi connectivity index (χ1n) is 12.6. The number of carbonyl (C=O) groups is 5. The molecule has 14 nitrogen and oxygen atoms in total. The Morgan fingerprint density at radius 3 is 2.12 bits per heavy atom. The molecule has 4 rings (SSSR count). The Balaban J connectivity index is 1.40. The molecule has 1 aliphatic heterocycles. The first-order chi connectivity index (χ1) is 20.7. The third-order valence-corrected chi connectivity index (χ3v) is 6.24. The van der Waals surface area contributed by atoms with Gasteiger partial charge in [0.1, 0.15) is 5.75 Å². The minimum Gasteiger partial charge on any atom is -0.497 e. The molecule has 14 heteroatoms. The zero-order valence-corrected chi connectivity index (χ0v) is 23.5. The van der Waals surface area contributed by atoms with E-state index in [0.717, 1.165) is 11.1 Å². The number of ether oxygens (including phenoxy) is 4. The molecule has 222 valence electrons. The topological polar surface area (TPSA) is 174 Å². The van der Waals surface area contributed by atoms with Crippen LogP contribution in [0.25, 0.3) is 0 Å². The number of rotatable bonds is 10. The third-order valence-electron chi connectivity index (χ3n) is 6.24. The van der Waals surface area contributed by atoms with Gasteiger partial charge in [0.25, 0.3) is 17.7 Å². The average Bonchev–Trinajstić information content (AvgIpc) is 3.01. The predicted molar refractivity (Wildman–Crippen MR) is 154 cm³/mol. The van der Waals surface area contributed by atoms with Crippen molar-refractivity contribution in [3.63, 3.8) is 0 Å². The fraction of sp³-hybridized carbons (Fsp3) is 0.172. The van der Waals surface area contributed by atoms with Gasteiger partial charge in [0.2, 0.25) is 11.7 Å². The summed E-state index contributed by atoms with van der Waals surface area (Å²) in [6.07, 6.45) is 0.932. The lowest BCUT2D eigenvalue weighted by atomic mass is 10.1. The number of nitrogens with zero attached hydrogens (tertiary/aromatic N) is 2. The number of imide groups is 2.